The van der Waals surface area contributed by atoms with Crippen molar-refractivity contribution in [3.63, 3.8) is 0 Å². The number of nitrogens with two attached hydrogens (primary N) is 1. The van der Waals surface area contributed by atoms with E-state index < -0.39 is 10.0 Å². The number of rotatable bonds is 9. The van der Waals surface area contributed by atoms with Gasteiger partial charge in [0.1, 0.15) is 0 Å². The molecule has 1 amide bonds. The van der Waals surface area contributed by atoms with Crippen LogP contribution in [0.4, 0.5) is 0 Å². The van der Waals surface area contributed by atoms with Crippen molar-refractivity contribution >= 4 is 28.3 Å². The number of halogens is 1. The van der Waals surface area contributed by atoms with Crippen molar-refractivity contribution in [2.45, 2.75) is 5.75 Å². The molecule has 0 aromatic heterocycles. The normalized spacial score (nSPS) is 10.8. The third-order valence-corrected chi connectivity index (χ3v) is 3.39. The summed E-state index contributed by atoms with van der Waals surface area (Å²) in [7, 11) is -1.93. The molecule has 9 heteroatoms. The van der Waals surface area contributed by atoms with Crippen LogP contribution in [0.5, 0.6) is 0 Å². The minimum atomic E-state index is -3.55. The second kappa shape index (κ2) is 10.5. The molecule has 0 aliphatic carbocycles. The zero-order valence-electron chi connectivity index (χ0n) is 12.4. The van der Waals surface area contributed by atoms with Crippen LogP contribution in [-0.4, -0.2) is 47.7 Å². The lowest BCUT2D eigenvalue weighted by Crippen LogP contribution is -2.33. The molecule has 7 nitrogen and oxygen atoms in total. The number of primary sulfonamides is 1. The van der Waals surface area contributed by atoms with Crippen molar-refractivity contribution in [3.05, 3.63) is 35.4 Å². The Morgan fingerprint density at radius 2 is 1.82 bits per heavy atom. The van der Waals surface area contributed by atoms with E-state index in [0.29, 0.717) is 30.8 Å². The van der Waals surface area contributed by atoms with Gasteiger partial charge in [-0.25, -0.2) is 13.6 Å². The number of carbonyl (C=O) groups excluding carboxylic acids is 1. The Kier molecular flexibility index (Phi) is 9.95. The van der Waals surface area contributed by atoms with Crippen LogP contribution in [0, 0.1) is 0 Å². The minimum absolute atomic E-state index is 0. The first kappa shape index (κ1) is 20.8. The van der Waals surface area contributed by atoms with E-state index in [4.69, 9.17) is 9.88 Å². The van der Waals surface area contributed by atoms with E-state index in [1.54, 1.807) is 31.4 Å². The molecule has 1 rings (SSSR count). The molecule has 4 N–H and O–H groups in total. The maximum absolute atomic E-state index is 11.8. The first-order valence-corrected chi connectivity index (χ1v) is 8.21. The lowest BCUT2D eigenvalue weighted by Gasteiger charge is -2.07. The molecule has 0 aliphatic heterocycles. The SMILES string of the molecule is COCCNCCNC(=O)c1ccc(CS(N)(=O)=O)cc1.Cl. The summed E-state index contributed by atoms with van der Waals surface area (Å²) in [4.78, 5) is 11.8. The number of benzene rings is 1. The van der Waals surface area contributed by atoms with Gasteiger partial charge in [-0.2, -0.15) is 0 Å². The molecular formula is C13H22ClN3O4S. The van der Waals surface area contributed by atoms with Gasteiger partial charge in [0.05, 0.1) is 12.4 Å². The summed E-state index contributed by atoms with van der Waals surface area (Å²) >= 11 is 0. The number of ether oxygens (including phenoxy) is 1. The molecule has 1 aromatic rings. The molecule has 126 valence electrons. The second-order valence-electron chi connectivity index (χ2n) is 4.50. The van der Waals surface area contributed by atoms with Crippen LogP contribution in [0.2, 0.25) is 0 Å². The lowest BCUT2D eigenvalue weighted by atomic mass is 10.1. The van der Waals surface area contributed by atoms with E-state index in [-0.39, 0.29) is 24.1 Å². The van der Waals surface area contributed by atoms with E-state index in [0.717, 1.165) is 6.54 Å². The van der Waals surface area contributed by atoms with Crippen molar-refractivity contribution in [3.8, 4) is 0 Å². The third-order valence-electron chi connectivity index (χ3n) is 2.65. The summed E-state index contributed by atoms with van der Waals surface area (Å²) in [6, 6.07) is 6.31. The van der Waals surface area contributed by atoms with E-state index in [1.807, 2.05) is 0 Å². The first-order chi connectivity index (χ1) is 9.92. The third kappa shape index (κ3) is 8.96. The van der Waals surface area contributed by atoms with Crippen molar-refractivity contribution in [2.24, 2.45) is 5.14 Å². The molecule has 0 aliphatic rings. The highest BCUT2D eigenvalue weighted by Gasteiger charge is 2.07. The van der Waals surface area contributed by atoms with Crippen LogP contribution < -0.4 is 15.8 Å². The zero-order valence-corrected chi connectivity index (χ0v) is 14.0. The van der Waals surface area contributed by atoms with Gasteiger partial charge in [-0.15, -0.1) is 12.4 Å². The van der Waals surface area contributed by atoms with Gasteiger partial charge in [-0.05, 0) is 17.7 Å². The Morgan fingerprint density at radius 1 is 1.18 bits per heavy atom. The molecule has 0 unspecified atom stereocenters. The zero-order chi connectivity index (χ0) is 15.7. The molecule has 0 saturated carbocycles. The number of carbonyl (C=O) groups is 1. The Labute approximate surface area is 137 Å². The Balaban J connectivity index is 0.00000441. The fraction of sp³-hybridized carbons (Fsp3) is 0.462. The number of sulfonamides is 1. The highest BCUT2D eigenvalue weighted by Crippen LogP contribution is 2.06. The van der Waals surface area contributed by atoms with Gasteiger partial charge in [0.15, 0.2) is 0 Å². The Morgan fingerprint density at radius 3 is 2.36 bits per heavy atom. The fourth-order valence-electron chi connectivity index (χ4n) is 1.65. The maximum Gasteiger partial charge on any atom is 0.251 e. The standard InChI is InChI=1S/C13H21N3O4S.ClH/c1-20-9-8-15-6-7-16-13(17)12-4-2-11(3-5-12)10-21(14,18)19;/h2-5,15H,6-10H2,1H3,(H,16,17)(H2,14,18,19);1H. The van der Waals surface area contributed by atoms with Gasteiger partial charge >= 0.3 is 0 Å². The van der Waals surface area contributed by atoms with E-state index in [2.05, 4.69) is 10.6 Å². The van der Waals surface area contributed by atoms with E-state index in [1.165, 1.54) is 0 Å². The molecular weight excluding hydrogens is 330 g/mol. The van der Waals surface area contributed by atoms with Crippen molar-refractivity contribution in [1.29, 1.82) is 0 Å². The van der Waals surface area contributed by atoms with Crippen molar-refractivity contribution in [1.82, 2.24) is 10.6 Å². The summed E-state index contributed by atoms with van der Waals surface area (Å²) in [6.45, 7) is 2.51. The quantitative estimate of drug-likeness (QED) is 0.536. The van der Waals surface area contributed by atoms with E-state index >= 15 is 0 Å². The number of hydrogen-bond donors (Lipinski definition) is 3. The highest BCUT2D eigenvalue weighted by atomic mass is 35.5. The predicted molar refractivity (Wildman–Crippen MR) is 87.6 cm³/mol. The molecule has 22 heavy (non-hydrogen) atoms. The number of hydrogen-bond acceptors (Lipinski definition) is 5. The monoisotopic (exact) mass is 351 g/mol. The lowest BCUT2D eigenvalue weighted by molar-refractivity contribution is 0.0953. The smallest absolute Gasteiger partial charge is 0.251 e. The van der Waals surface area contributed by atoms with Crippen LogP contribution in [-0.2, 0) is 20.5 Å². The predicted octanol–water partition coefficient (Wildman–Crippen LogP) is -0.137. The summed E-state index contributed by atoms with van der Waals surface area (Å²) in [5.41, 5.74) is 1.03. The molecule has 1 aromatic carbocycles. The van der Waals surface area contributed by atoms with Crippen molar-refractivity contribution < 1.29 is 17.9 Å². The first-order valence-electron chi connectivity index (χ1n) is 6.49. The fourth-order valence-corrected chi connectivity index (χ4v) is 2.31. The van der Waals surface area contributed by atoms with Gasteiger partial charge in [-0.1, -0.05) is 12.1 Å². The number of nitrogens with one attached hydrogen (secondary N) is 2. The molecule has 0 saturated heterocycles. The van der Waals surface area contributed by atoms with Crippen LogP contribution in [0.1, 0.15) is 15.9 Å². The van der Waals surface area contributed by atoms with Crippen LogP contribution in [0.3, 0.4) is 0 Å². The van der Waals surface area contributed by atoms with E-state index in [9.17, 15) is 13.2 Å². The van der Waals surface area contributed by atoms with Crippen LogP contribution in [0.15, 0.2) is 24.3 Å². The summed E-state index contributed by atoms with van der Waals surface area (Å²) in [6.07, 6.45) is 0. The molecule has 0 heterocycles. The van der Waals surface area contributed by atoms with Gasteiger partial charge in [0.25, 0.3) is 5.91 Å². The van der Waals surface area contributed by atoms with Gasteiger partial charge < -0.3 is 15.4 Å². The van der Waals surface area contributed by atoms with Gasteiger partial charge in [0, 0.05) is 32.3 Å². The molecule has 0 spiro atoms. The number of amides is 1. The van der Waals surface area contributed by atoms with Crippen LogP contribution in [0.25, 0.3) is 0 Å². The van der Waals surface area contributed by atoms with Crippen molar-refractivity contribution in [2.75, 3.05) is 33.4 Å². The highest BCUT2D eigenvalue weighted by molar-refractivity contribution is 7.88. The average Bonchev–Trinajstić information content (AvgIpc) is 2.41. The summed E-state index contributed by atoms with van der Waals surface area (Å²) in [5.74, 6) is -0.441. The van der Waals surface area contributed by atoms with Crippen LogP contribution >= 0.6 is 12.4 Å². The topological polar surface area (TPSA) is 111 Å². The summed E-state index contributed by atoms with van der Waals surface area (Å²) < 4.78 is 26.8. The molecule has 0 bridgehead atoms. The minimum Gasteiger partial charge on any atom is -0.383 e. The molecule has 0 fully saturated rings. The van der Waals surface area contributed by atoms with Gasteiger partial charge in [-0.3, -0.25) is 4.79 Å². The average molecular weight is 352 g/mol. The van der Waals surface area contributed by atoms with Gasteiger partial charge in [0.2, 0.25) is 10.0 Å². The second-order valence-corrected chi connectivity index (χ2v) is 6.12. The summed E-state index contributed by atoms with van der Waals surface area (Å²) in [5, 5.41) is 10.8. The molecule has 0 atom stereocenters. The molecule has 0 radical (unpaired) electrons. The largest absolute Gasteiger partial charge is 0.383 e. The number of methoxy groups -OCH3 is 1. The Hall–Kier alpha value is -1.19. The maximum atomic E-state index is 11.8. The Bertz CT molecular complexity index is 549.